The molecule has 1 atom stereocenters. The second-order valence-electron chi connectivity index (χ2n) is 7.23. The van der Waals surface area contributed by atoms with E-state index in [0.717, 1.165) is 38.4 Å². The van der Waals surface area contributed by atoms with Crippen molar-refractivity contribution in [1.82, 2.24) is 29.3 Å². The van der Waals surface area contributed by atoms with Crippen LogP contribution in [0.2, 0.25) is 0 Å². The lowest BCUT2D eigenvalue weighted by Gasteiger charge is -2.27. The third kappa shape index (κ3) is 3.24. The van der Waals surface area contributed by atoms with Crippen molar-refractivity contribution in [3.8, 4) is 11.1 Å². The molecule has 1 unspecified atom stereocenters. The topological polar surface area (TPSA) is 50.9 Å². The Kier molecular flexibility index (Phi) is 5.09. The first-order valence-corrected chi connectivity index (χ1v) is 13.5. The number of piperazine rings is 1. The lowest BCUT2D eigenvalue weighted by molar-refractivity contribution is 0.229. The van der Waals surface area contributed by atoms with E-state index in [1.165, 1.54) is 33.1 Å². The van der Waals surface area contributed by atoms with Gasteiger partial charge in [-0.3, -0.25) is 4.90 Å². The van der Waals surface area contributed by atoms with Gasteiger partial charge in [-0.2, -0.15) is 5.10 Å². The number of pyridine rings is 1. The number of benzene rings is 1. The Morgan fingerprint density at radius 1 is 1.18 bits per heavy atom. The van der Waals surface area contributed by atoms with Crippen LogP contribution in [0.15, 0.2) is 42.7 Å². The molecule has 5 rings (SSSR count). The van der Waals surface area contributed by atoms with E-state index in [2.05, 4.69) is 88.7 Å². The molecule has 1 aliphatic heterocycles. The third-order valence-electron chi connectivity index (χ3n) is 5.58. The normalized spacial score (nSPS) is 16.1. The fraction of sp³-hybridized carbons (Fsp3) is 0.300. The number of hydrogen-bond acceptors (Lipinski definition) is 4. The average Bonchev–Trinajstić information content (AvgIpc) is 3.29. The second-order valence-corrected chi connectivity index (χ2v) is 9.27. The summed E-state index contributed by atoms with van der Waals surface area (Å²) in [5.74, 6) is 0. The molecule has 0 radical (unpaired) electrons. The predicted molar refractivity (Wildman–Crippen MR) is 125 cm³/mol. The van der Waals surface area contributed by atoms with Gasteiger partial charge in [-0.1, -0.05) is 6.07 Å². The molecule has 6 nitrogen and oxygen atoms in total. The summed E-state index contributed by atoms with van der Waals surface area (Å²) in [6.07, 6.45) is 4.50. The van der Waals surface area contributed by atoms with Crippen molar-refractivity contribution in [1.29, 1.82) is 0 Å². The number of nitrogens with zero attached hydrogens (tertiary/aromatic N) is 5. The highest BCUT2D eigenvalue weighted by atomic mass is 127. The predicted octanol–water partition coefficient (Wildman–Crippen LogP) is 3.79. The lowest BCUT2D eigenvalue weighted by atomic mass is 10.0. The zero-order chi connectivity index (χ0) is 19.1. The highest BCUT2D eigenvalue weighted by Gasteiger charge is 2.16. The van der Waals surface area contributed by atoms with Crippen molar-refractivity contribution in [3.63, 3.8) is 0 Å². The molecule has 1 saturated heterocycles. The van der Waals surface area contributed by atoms with Crippen molar-refractivity contribution in [2.75, 3.05) is 26.2 Å². The Morgan fingerprint density at radius 2 is 2.04 bits per heavy atom. The van der Waals surface area contributed by atoms with E-state index in [1.807, 2.05) is 12.4 Å². The smallest absolute Gasteiger partial charge is 0.140 e. The van der Waals surface area contributed by atoms with E-state index in [4.69, 9.17) is 0 Å². The van der Waals surface area contributed by atoms with Gasteiger partial charge in [0.25, 0.3) is 0 Å². The van der Waals surface area contributed by atoms with Crippen molar-refractivity contribution < 1.29 is 0 Å². The Morgan fingerprint density at radius 3 is 2.86 bits per heavy atom. The molecule has 0 bridgehead atoms. The summed E-state index contributed by atoms with van der Waals surface area (Å²) < 4.78 is 4.30. The van der Waals surface area contributed by atoms with Gasteiger partial charge in [0, 0.05) is 62.4 Å². The van der Waals surface area contributed by atoms with E-state index in [1.54, 1.807) is 0 Å². The Labute approximate surface area is 178 Å². The zero-order valence-corrected chi connectivity index (χ0v) is 18.8. The number of aryl methyl sites for hydroxylation is 1. The van der Waals surface area contributed by atoms with Crippen molar-refractivity contribution >= 4 is 50.4 Å². The van der Waals surface area contributed by atoms with Crippen LogP contribution in [-0.4, -0.2) is 50.2 Å². The minimum Gasteiger partial charge on any atom is -0.331 e. The molecule has 0 amide bonds. The summed E-state index contributed by atoms with van der Waals surface area (Å²) in [5.41, 5.74) is 6.01. The Hall–Kier alpha value is -1.54. The highest BCUT2D eigenvalue weighted by molar-refractivity contribution is 14.2. The maximum Gasteiger partial charge on any atom is 0.140 e. The first-order chi connectivity index (χ1) is 13.7. The Balaban J connectivity index is 1.57. The van der Waals surface area contributed by atoms with Gasteiger partial charge in [-0.15, -0.1) is 0 Å². The summed E-state index contributed by atoms with van der Waals surface area (Å²) in [6.45, 7) is 5.30. The minimum atomic E-state index is 0.612. The summed E-state index contributed by atoms with van der Waals surface area (Å²) in [4.78, 5) is 7.19. The zero-order valence-electron chi connectivity index (χ0n) is 15.7. The Bertz CT molecular complexity index is 1140. The molecule has 0 aliphatic carbocycles. The van der Waals surface area contributed by atoms with Gasteiger partial charge >= 0.3 is 0 Å². The lowest BCUT2D eigenvalue weighted by Crippen LogP contribution is -2.43. The van der Waals surface area contributed by atoms with Crippen LogP contribution < -0.4 is 5.32 Å². The van der Waals surface area contributed by atoms with Gasteiger partial charge in [0.15, 0.2) is 0 Å². The number of nitrogens with one attached hydrogen (secondary N) is 1. The number of hydrogen-bond donors (Lipinski definition) is 1. The van der Waals surface area contributed by atoms with Crippen LogP contribution >= 0.6 is 28.4 Å². The van der Waals surface area contributed by atoms with Crippen LogP contribution in [0.5, 0.6) is 0 Å². The van der Waals surface area contributed by atoms with E-state index < -0.39 is 0 Å². The summed E-state index contributed by atoms with van der Waals surface area (Å²) in [6, 6.07) is 11.1. The monoisotopic (exact) mass is 504 g/mol. The van der Waals surface area contributed by atoms with Crippen LogP contribution in [0.3, 0.4) is 0 Å². The van der Waals surface area contributed by atoms with Crippen molar-refractivity contribution in [2.45, 2.75) is 6.54 Å². The number of halogens is 1. The molecule has 1 fully saturated rings. The number of rotatable bonds is 4. The highest BCUT2D eigenvalue weighted by Crippen LogP contribution is 2.34. The summed E-state index contributed by atoms with van der Waals surface area (Å²) >= 11 is 2.37. The van der Waals surface area contributed by atoms with Gasteiger partial charge < -0.3 is 9.88 Å². The standard InChI is InChI=1S/C20H22IN6P/c1-25-16(13-26-8-6-22-7-9-26)11-18-17(4-5-23-20(18)25)14-2-3-19-15(10-14)12-24-27(19)28-21/h2-5,10-12,22,28H,6-9,13H2,1H3. The molecule has 144 valence electrons. The quantitative estimate of drug-likeness (QED) is 0.340. The molecule has 28 heavy (non-hydrogen) atoms. The fourth-order valence-corrected chi connectivity index (χ4v) is 5.59. The number of fused-ring (bicyclic) bond motifs is 2. The van der Waals surface area contributed by atoms with Gasteiger partial charge in [0.2, 0.25) is 0 Å². The first-order valence-electron chi connectivity index (χ1n) is 9.46. The van der Waals surface area contributed by atoms with E-state index in [9.17, 15) is 0 Å². The molecular weight excluding hydrogens is 482 g/mol. The van der Waals surface area contributed by atoms with Gasteiger partial charge in [0.05, 0.1) is 18.1 Å². The average molecular weight is 504 g/mol. The van der Waals surface area contributed by atoms with Crippen molar-refractivity contribution in [2.24, 2.45) is 7.05 Å². The largest absolute Gasteiger partial charge is 0.331 e. The maximum absolute atomic E-state index is 4.68. The molecule has 0 spiro atoms. The van der Waals surface area contributed by atoms with Crippen LogP contribution in [0.1, 0.15) is 5.69 Å². The van der Waals surface area contributed by atoms with Crippen molar-refractivity contribution in [3.05, 3.63) is 48.4 Å². The molecule has 1 N–H and O–H groups in total. The minimum absolute atomic E-state index is 0.612. The van der Waals surface area contributed by atoms with Gasteiger partial charge in [-0.05, 0) is 57.4 Å². The van der Waals surface area contributed by atoms with E-state index >= 15 is 0 Å². The molecule has 1 aromatic carbocycles. The fourth-order valence-electron chi connectivity index (χ4n) is 4.04. The molecule has 1 aliphatic rings. The molecule has 4 aromatic rings. The summed E-state index contributed by atoms with van der Waals surface area (Å²) in [5, 5.41) is 10.3. The molecular formula is C20H22IN6P. The third-order valence-corrected chi connectivity index (χ3v) is 7.47. The van der Waals surface area contributed by atoms with Crippen LogP contribution in [0.4, 0.5) is 0 Å². The SMILES string of the molecule is Cn1c(CN2CCNCC2)cc2c(-c3ccc4c(cnn4PI)c3)ccnc21. The molecule has 0 saturated carbocycles. The van der Waals surface area contributed by atoms with Crippen LogP contribution in [0, 0.1) is 0 Å². The summed E-state index contributed by atoms with van der Waals surface area (Å²) in [7, 11) is 2.13. The van der Waals surface area contributed by atoms with Crippen LogP contribution in [0.25, 0.3) is 33.1 Å². The van der Waals surface area contributed by atoms with E-state index in [0.29, 0.717) is 6.37 Å². The molecule has 4 heterocycles. The first kappa shape index (κ1) is 18.5. The molecule has 8 heteroatoms. The second kappa shape index (κ2) is 7.71. The van der Waals surface area contributed by atoms with Crippen LogP contribution in [-0.2, 0) is 13.6 Å². The van der Waals surface area contributed by atoms with Gasteiger partial charge in [0.1, 0.15) is 5.65 Å². The van der Waals surface area contributed by atoms with Gasteiger partial charge in [-0.25, -0.2) is 9.44 Å². The maximum atomic E-state index is 4.68. The molecule has 3 aromatic heterocycles. The number of aromatic nitrogens is 4. The van der Waals surface area contributed by atoms with E-state index in [-0.39, 0.29) is 0 Å².